The molecule has 0 radical (unpaired) electrons. The highest BCUT2D eigenvalue weighted by molar-refractivity contribution is 7.90. The van der Waals surface area contributed by atoms with E-state index >= 15 is 0 Å². The third kappa shape index (κ3) is 3.79. The molecule has 24 heavy (non-hydrogen) atoms. The summed E-state index contributed by atoms with van der Waals surface area (Å²) in [6, 6.07) is 6.85. The lowest BCUT2D eigenvalue weighted by Gasteiger charge is -2.24. The number of nitrogens with one attached hydrogen (secondary N) is 1. The van der Waals surface area contributed by atoms with Gasteiger partial charge in [0.25, 0.3) is 0 Å². The van der Waals surface area contributed by atoms with Gasteiger partial charge in [-0.1, -0.05) is 0 Å². The number of nitrogens with zero attached hydrogens (tertiary/aromatic N) is 2. The summed E-state index contributed by atoms with van der Waals surface area (Å²) in [7, 11) is -1.17. The summed E-state index contributed by atoms with van der Waals surface area (Å²) >= 11 is 0. The van der Waals surface area contributed by atoms with Crippen LogP contribution < -0.4 is 10.1 Å². The van der Waals surface area contributed by atoms with E-state index < -0.39 is 9.84 Å². The Balaban J connectivity index is 1.49. The molecule has 130 valence electrons. The second kappa shape index (κ2) is 6.94. The van der Waals surface area contributed by atoms with Crippen molar-refractivity contribution < 1.29 is 13.2 Å². The van der Waals surface area contributed by atoms with Crippen molar-refractivity contribution in [3.05, 3.63) is 41.7 Å². The maximum Gasteiger partial charge on any atom is 0.175 e. The van der Waals surface area contributed by atoms with Gasteiger partial charge in [-0.05, 0) is 43.5 Å². The second-order valence-corrected chi connectivity index (χ2v) is 8.18. The van der Waals surface area contributed by atoms with Gasteiger partial charge in [-0.25, -0.2) is 8.42 Å². The first kappa shape index (κ1) is 17.0. The largest absolute Gasteiger partial charge is 0.492 e. The molecule has 0 fully saturated rings. The molecule has 1 aromatic heterocycles. The zero-order valence-electron chi connectivity index (χ0n) is 14.0. The molecular formula is C17H23N3O3S. The van der Waals surface area contributed by atoms with Gasteiger partial charge < -0.3 is 10.1 Å². The van der Waals surface area contributed by atoms with Gasteiger partial charge in [0, 0.05) is 37.1 Å². The highest BCUT2D eigenvalue weighted by Crippen LogP contribution is 2.28. The molecule has 2 aromatic rings. The molecule has 3 rings (SSSR count). The molecule has 0 unspecified atom stereocenters. The zero-order chi connectivity index (χ0) is 17.2. The normalized spacial score (nSPS) is 17.5. The topological polar surface area (TPSA) is 73.2 Å². The Hall–Kier alpha value is -1.86. The molecule has 0 saturated carbocycles. The molecule has 7 heteroatoms. The number of sulfone groups is 1. The highest BCUT2D eigenvalue weighted by Gasteiger charge is 2.22. The first-order chi connectivity index (χ1) is 11.4. The number of aryl methyl sites for hydroxylation is 1. The average molecular weight is 349 g/mol. The van der Waals surface area contributed by atoms with Crippen LogP contribution in [0.3, 0.4) is 0 Å². The molecule has 0 amide bonds. The number of fused-ring (bicyclic) bond motifs is 1. The number of aromatic nitrogens is 2. The van der Waals surface area contributed by atoms with Gasteiger partial charge in [0.05, 0.1) is 11.1 Å². The fourth-order valence-corrected chi connectivity index (χ4v) is 3.73. The van der Waals surface area contributed by atoms with Gasteiger partial charge in [-0.2, -0.15) is 5.10 Å². The lowest BCUT2D eigenvalue weighted by Crippen LogP contribution is -2.28. The van der Waals surface area contributed by atoms with Gasteiger partial charge >= 0.3 is 0 Å². The maximum absolute atomic E-state index is 11.4. The van der Waals surface area contributed by atoms with E-state index in [1.54, 1.807) is 24.3 Å². The number of hydrogen-bond donors (Lipinski definition) is 1. The molecule has 1 N–H and O–H groups in total. The molecule has 1 aromatic carbocycles. The van der Waals surface area contributed by atoms with E-state index in [4.69, 9.17) is 4.74 Å². The smallest absolute Gasteiger partial charge is 0.175 e. The van der Waals surface area contributed by atoms with Crippen LogP contribution >= 0.6 is 0 Å². The van der Waals surface area contributed by atoms with E-state index in [1.165, 1.54) is 17.5 Å². The van der Waals surface area contributed by atoms with Crippen LogP contribution in [-0.2, 0) is 23.3 Å². The SMILES string of the molecule is Cn1ncc2c1CCC[C@H]2NCCOc1ccc(S(C)(=O)=O)cc1. The van der Waals surface area contributed by atoms with E-state index in [9.17, 15) is 8.42 Å². The van der Waals surface area contributed by atoms with Crippen LogP contribution in [0.2, 0.25) is 0 Å². The molecule has 0 aliphatic heterocycles. The van der Waals surface area contributed by atoms with E-state index in [2.05, 4.69) is 10.4 Å². The minimum atomic E-state index is -3.16. The number of benzene rings is 1. The number of rotatable bonds is 6. The van der Waals surface area contributed by atoms with Crippen LogP contribution in [-0.4, -0.2) is 37.6 Å². The predicted molar refractivity (Wildman–Crippen MR) is 91.9 cm³/mol. The molecular weight excluding hydrogens is 326 g/mol. The fraction of sp³-hybridized carbons (Fsp3) is 0.471. The Morgan fingerprint density at radius 3 is 2.79 bits per heavy atom. The minimum Gasteiger partial charge on any atom is -0.492 e. The second-order valence-electron chi connectivity index (χ2n) is 6.16. The van der Waals surface area contributed by atoms with Crippen LogP contribution in [0.25, 0.3) is 0 Å². The van der Waals surface area contributed by atoms with Crippen molar-refractivity contribution in [3.63, 3.8) is 0 Å². The Bertz CT molecular complexity index is 797. The summed E-state index contributed by atoms with van der Waals surface area (Å²) in [6.45, 7) is 1.26. The van der Waals surface area contributed by atoms with Crippen molar-refractivity contribution in [1.82, 2.24) is 15.1 Å². The van der Waals surface area contributed by atoms with Gasteiger partial charge in [-0.3, -0.25) is 4.68 Å². The predicted octanol–water partition coefficient (Wildman–Crippen LogP) is 1.87. The summed E-state index contributed by atoms with van der Waals surface area (Å²) in [4.78, 5) is 0.305. The summed E-state index contributed by atoms with van der Waals surface area (Å²) in [5.74, 6) is 0.676. The molecule has 1 heterocycles. The summed E-state index contributed by atoms with van der Waals surface area (Å²) in [6.07, 6.45) is 6.52. The Morgan fingerprint density at radius 2 is 2.08 bits per heavy atom. The van der Waals surface area contributed by atoms with Gasteiger partial charge in [0.2, 0.25) is 0 Å². The average Bonchev–Trinajstić information content (AvgIpc) is 2.93. The Labute approximate surface area is 142 Å². The quantitative estimate of drug-likeness (QED) is 0.806. The van der Waals surface area contributed by atoms with Crippen molar-refractivity contribution in [3.8, 4) is 5.75 Å². The van der Waals surface area contributed by atoms with Crippen LogP contribution in [0.4, 0.5) is 0 Å². The highest BCUT2D eigenvalue weighted by atomic mass is 32.2. The van der Waals surface area contributed by atoms with Crippen molar-refractivity contribution in [2.24, 2.45) is 7.05 Å². The Kier molecular flexibility index (Phi) is 4.91. The number of ether oxygens (including phenoxy) is 1. The minimum absolute atomic E-state index is 0.305. The molecule has 0 spiro atoms. The molecule has 1 atom stereocenters. The van der Waals surface area contributed by atoms with E-state index in [-0.39, 0.29) is 0 Å². The van der Waals surface area contributed by atoms with Gasteiger partial charge in [0.15, 0.2) is 9.84 Å². The monoisotopic (exact) mass is 349 g/mol. The van der Waals surface area contributed by atoms with Crippen LogP contribution in [0.5, 0.6) is 5.75 Å². The van der Waals surface area contributed by atoms with Crippen molar-refractivity contribution >= 4 is 9.84 Å². The van der Waals surface area contributed by atoms with Crippen molar-refractivity contribution in [2.75, 3.05) is 19.4 Å². The van der Waals surface area contributed by atoms with E-state index in [1.807, 2.05) is 17.9 Å². The molecule has 0 bridgehead atoms. The standard InChI is InChI=1S/C17H23N3O3S/c1-20-17-5-3-4-16(15(17)12-19-20)18-10-11-23-13-6-8-14(9-7-13)24(2,21)22/h6-9,12,16,18H,3-5,10-11H2,1-2H3/t16-/m1/s1. The van der Waals surface area contributed by atoms with E-state index in [0.717, 1.165) is 25.8 Å². The van der Waals surface area contributed by atoms with Crippen molar-refractivity contribution in [2.45, 2.75) is 30.2 Å². The molecule has 1 aliphatic rings. The van der Waals surface area contributed by atoms with Crippen molar-refractivity contribution in [1.29, 1.82) is 0 Å². The third-order valence-corrected chi connectivity index (χ3v) is 5.52. The lowest BCUT2D eigenvalue weighted by molar-refractivity contribution is 0.300. The molecule has 1 aliphatic carbocycles. The fourth-order valence-electron chi connectivity index (χ4n) is 3.10. The maximum atomic E-state index is 11.4. The molecule has 0 saturated heterocycles. The Morgan fingerprint density at radius 1 is 1.33 bits per heavy atom. The molecule has 6 nitrogen and oxygen atoms in total. The van der Waals surface area contributed by atoms with Gasteiger partial charge in [0.1, 0.15) is 12.4 Å². The zero-order valence-corrected chi connectivity index (χ0v) is 14.8. The third-order valence-electron chi connectivity index (χ3n) is 4.39. The summed E-state index contributed by atoms with van der Waals surface area (Å²) in [5.41, 5.74) is 2.61. The van der Waals surface area contributed by atoms with Gasteiger partial charge in [-0.15, -0.1) is 0 Å². The van der Waals surface area contributed by atoms with Crippen LogP contribution in [0.1, 0.15) is 30.1 Å². The first-order valence-corrected chi connectivity index (χ1v) is 10.0. The summed E-state index contributed by atoms with van der Waals surface area (Å²) < 4.78 is 30.5. The summed E-state index contributed by atoms with van der Waals surface area (Å²) in [5, 5.41) is 7.87. The van der Waals surface area contributed by atoms with E-state index in [0.29, 0.717) is 23.3 Å². The van der Waals surface area contributed by atoms with Crippen LogP contribution in [0.15, 0.2) is 35.4 Å². The van der Waals surface area contributed by atoms with Crippen LogP contribution in [0, 0.1) is 0 Å². The number of hydrogen-bond acceptors (Lipinski definition) is 5. The lowest BCUT2D eigenvalue weighted by atomic mass is 9.93. The first-order valence-electron chi connectivity index (χ1n) is 8.12.